The number of halogens is 1. The van der Waals surface area contributed by atoms with Gasteiger partial charge in [0.15, 0.2) is 6.10 Å². The lowest BCUT2D eigenvalue weighted by molar-refractivity contribution is -0.142. The molecule has 2 rings (SSSR count). The Morgan fingerprint density at radius 1 is 1.43 bits per heavy atom. The smallest absolute Gasteiger partial charge is 0.263 e. The van der Waals surface area contributed by atoms with Crippen LogP contribution in [0.2, 0.25) is 0 Å². The molecule has 1 amide bonds. The summed E-state index contributed by atoms with van der Waals surface area (Å²) in [5, 5.41) is 0. The molecule has 1 aromatic carbocycles. The lowest BCUT2D eigenvalue weighted by Gasteiger charge is -2.39. The lowest BCUT2D eigenvalue weighted by Crippen LogP contribution is -2.54. The van der Waals surface area contributed by atoms with Gasteiger partial charge in [0, 0.05) is 23.1 Å². The minimum atomic E-state index is -0.501. The third kappa shape index (κ3) is 4.20. The van der Waals surface area contributed by atoms with E-state index in [1.807, 2.05) is 36.1 Å². The molecule has 5 heteroatoms. The van der Waals surface area contributed by atoms with Crippen LogP contribution in [0.5, 0.6) is 5.75 Å². The van der Waals surface area contributed by atoms with Gasteiger partial charge in [-0.25, -0.2) is 0 Å². The quantitative estimate of drug-likeness (QED) is 0.904. The Kier molecular flexibility index (Phi) is 5.65. The van der Waals surface area contributed by atoms with Gasteiger partial charge in [-0.05, 0) is 51.3 Å². The third-order valence-corrected chi connectivity index (χ3v) is 4.39. The zero-order chi connectivity index (χ0) is 15.4. The molecule has 1 heterocycles. The third-order valence-electron chi connectivity index (χ3n) is 3.90. The summed E-state index contributed by atoms with van der Waals surface area (Å²) in [6.45, 7) is 4.55. The Bertz CT molecular complexity index is 493. The average Bonchev–Trinajstić information content (AvgIpc) is 2.46. The highest BCUT2D eigenvalue weighted by molar-refractivity contribution is 9.10. The van der Waals surface area contributed by atoms with Crippen LogP contribution in [0.4, 0.5) is 0 Å². The van der Waals surface area contributed by atoms with Crippen molar-refractivity contribution >= 4 is 21.8 Å². The topological polar surface area (TPSA) is 55.6 Å². The van der Waals surface area contributed by atoms with Gasteiger partial charge in [-0.3, -0.25) is 4.79 Å². The summed E-state index contributed by atoms with van der Waals surface area (Å²) in [5.41, 5.74) is 6.03. The fraction of sp³-hybridized carbons (Fsp3) is 0.562. The Balaban J connectivity index is 2.03. The van der Waals surface area contributed by atoms with Gasteiger partial charge in [-0.2, -0.15) is 0 Å². The molecule has 1 saturated heterocycles. The van der Waals surface area contributed by atoms with Crippen molar-refractivity contribution in [3.63, 3.8) is 0 Å². The zero-order valence-corrected chi connectivity index (χ0v) is 14.2. The maximum atomic E-state index is 12.6. The molecule has 0 aliphatic carbocycles. The number of hydrogen-bond donors (Lipinski definition) is 1. The maximum Gasteiger partial charge on any atom is 0.263 e. The second kappa shape index (κ2) is 7.27. The molecule has 0 radical (unpaired) electrons. The van der Waals surface area contributed by atoms with Crippen LogP contribution in [0.15, 0.2) is 28.7 Å². The average molecular weight is 355 g/mol. The molecule has 1 aromatic rings. The number of likely N-dealkylation sites (tertiary alicyclic amines) is 1. The fourth-order valence-electron chi connectivity index (χ4n) is 2.81. The number of ether oxygens (including phenoxy) is 1. The van der Waals surface area contributed by atoms with Crippen molar-refractivity contribution in [1.29, 1.82) is 0 Å². The number of amides is 1. The SMILES string of the molecule is CC(Oc1cccc(Br)c1)C(=O)N1CCCCC1C(C)N. The van der Waals surface area contributed by atoms with Gasteiger partial charge in [0.05, 0.1) is 0 Å². The van der Waals surface area contributed by atoms with Crippen LogP contribution in [0, 0.1) is 0 Å². The Morgan fingerprint density at radius 2 is 2.19 bits per heavy atom. The first-order valence-corrected chi connectivity index (χ1v) is 8.26. The molecule has 3 unspecified atom stereocenters. The van der Waals surface area contributed by atoms with Crippen molar-refractivity contribution in [2.45, 2.75) is 51.3 Å². The predicted molar refractivity (Wildman–Crippen MR) is 87.2 cm³/mol. The highest BCUT2D eigenvalue weighted by Crippen LogP contribution is 2.23. The number of nitrogens with two attached hydrogens (primary N) is 1. The summed E-state index contributed by atoms with van der Waals surface area (Å²) in [4.78, 5) is 14.5. The van der Waals surface area contributed by atoms with E-state index in [2.05, 4.69) is 15.9 Å². The minimum absolute atomic E-state index is 0.00711. The monoisotopic (exact) mass is 354 g/mol. The van der Waals surface area contributed by atoms with Crippen LogP contribution in [0.3, 0.4) is 0 Å². The van der Waals surface area contributed by atoms with Gasteiger partial charge in [0.1, 0.15) is 5.75 Å². The zero-order valence-electron chi connectivity index (χ0n) is 12.6. The van der Waals surface area contributed by atoms with Crippen LogP contribution < -0.4 is 10.5 Å². The van der Waals surface area contributed by atoms with E-state index in [9.17, 15) is 4.79 Å². The van der Waals surface area contributed by atoms with Crippen LogP contribution in [-0.4, -0.2) is 35.5 Å². The van der Waals surface area contributed by atoms with Gasteiger partial charge in [-0.1, -0.05) is 22.0 Å². The van der Waals surface area contributed by atoms with Crippen molar-refractivity contribution in [3.05, 3.63) is 28.7 Å². The molecule has 0 aromatic heterocycles. The number of carbonyl (C=O) groups is 1. The van der Waals surface area contributed by atoms with Gasteiger partial charge >= 0.3 is 0 Å². The van der Waals surface area contributed by atoms with Crippen molar-refractivity contribution in [2.24, 2.45) is 5.73 Å². The molecule has 4 nitrogen and oxygen atoms in total. The lowest BCUT2D eigenvalue weighted by atomic mass is 9.96. The van der Waals surface area contributed by atoms with E-state index < -0.39 is 6.10 Å². The van der Waals surface area contributed by atoms with Crippen LogP contribution in [0.25, 0.3) is 0 Å². The van der Waals surface area contributed by atoms with Crippen molar-refractivity contribution in [3.8, 4) is 5.75 Å². The molecule has 1 aliphatic heterocycles. The second-order valence-electron chi connectivity index (χ2n) is 5.67. The maximum absolute atomic E-state index is 12.6. The number of hydrogen-bond acceptors (Lipinski definition) is 3. The summed E-state index contributed by atoms with van der Waals surface area (Å²) in [5.74, 6) is 0.719. The molecule has 3 atom stereocenters. The van der Waals surface area contributed by atoms with Gasteiger partial charge in [-0.15, -0.1) is 0 Å². The molecular formula is C16H23BrN2O2. The number of piperidine rings is 1. The minimum Gasteiger partial charge on any atom is -0.481 e. The van der Waals surface area contributed by atoms with E-state index in [4.69, 9.17) is 10.5 Å². The first-order chi connectivity index (χ1) is 9.99. The molecule has 1 aliphatic rings. The summed E-state index contributed by atoms with van der Waals surface area (Å²) in [6, 6.07) is 7.65. The number of nitrogens with zero attached hydrogens (tertiary/aromatic N) is 1. The molecule has 0 bridgehead atoms. The van der Waals surface area contributed by atoms with Gasteiger partial charge < -0.3 is 15.4 Å². The first-order valence-electron chi connectivity index (χ1n) is 7.47. The molecule has 116 valence electrons. The second-order valence-corrected chi connectivity index (χ2v) is 6.59. The summed E-state index contributed by atoms with van der Waals surface area (Å²) >= 11 is 3.40. The largest absolute Gasteiger partial charge is 0.481 e. The summed E-state index contributed by atoms with van der Waals surface area (Å²) in [6.07, 6.45) is 2.65. The fourth-order valence-corrected chi connectivity index (χ4v) is 3.18. The highest BCUT2D eigenvalue weighted by Gasteiger charge is 2.32. The van der Waals surface area contributed by atoms with Crippen molar-refractivity contribution in [1.82, 2.24) is 4.90 Å². The summed E-state index contributed by atoms with van der Waals surface area (Å²) < 4.78 is 6.71. The number of benzene rings is 1. The van der Waals surface area contributed by atoms with E-state index in [1.54, 1.807) is 6.92 Å². The van der Waals surface area contributed by atoms with Crippen LogP contribution in [-0.2, 0) is 4.79 Å². The number of rotatable bonds is 4. The molecule has 0 spiro atoms. The van der Waals surface area contributed by atoms with E-state index in [0.717, 1.165) is 30.3 Å². The normalized spacial score (nSPS) is 21.7. The van der Waals surface area contributed by atoms with E-state index in [1.165, 1.54) is 0 Å². The molecule has 2 N–H and O–H groups in total. The summed E-state index contributed by atoms with van der Waals surface area (Å²) in [7, 11) is 0. The highest BCUT2D eigenvalue weighted by atomic mass is 79.9. The molecular weight excluding hydrogens is 332 g/mol. The van der Waals surface area contributed by atoms with Gasteiger partial charge in [0.2, 0.25) is 0 Å². The number of carbonyl (C=O) groups excluding carboxylic acids is 1. The van der Waals surface area contributed by atoms with Gasteiger partial charge in [0.25, 0.3) is 5.91 Å². The predicted octanol–water partition coefficient (Wildman–Crippen LogP) is 2.94. The van der Waals surface area contributed by atoms with E-state index in [-0.39, 0.29) is 18.0 Å². The van der Waals surface area contributed by atoms with Crippen molar-refractivity contribution < 1.29 is 9.53 Å². The Morgan fingerprint density at radius 3 is 2.86 bits per heavy atom. The van der Waals surface area contributed by atoms with Crippen LogP contribution in [0.1, 0.15) is 33.1 Å². The Labute approximate surface area is 134 Å². The van der Waals surface area contributed by atoms with E-state index >= 15 is 0 Å². The molecule has 21 heavy (non-hydrogen) atoms. The van der Waals surface area contributed by atoms with Crippen LogP contribution >= 0.6 is 15.9 Å². The van der Waals surface area contributed by atoms with E-state index in [0.29, 0.717) is 5.75 Å². The van der Waals surface area contributed by atoms with Crippen molar-refractivity contribution in [2.75, 3.05) is 6.54 Å². The Hall–Kier alpha value is -1.07. The standard InChI is InChI=1S/C16H23BrN2O2/c1-11(18)15-8-3-4-9-19(15)16(20)12(2)21-14-7-5-6-13(17)10-14/h5-7,10-12,15H,3-4,8-9,18H2,1-2H3. The molecule has 0 saturated carbocycles. The first kappa shape index (κ1) is 16.3. The molecule has 1 fully saturated rings.